The highest BCUT2D eigenvalue weighted by atomic mass is 35.5. The van der Waals surface area contributed by atoms with Gasteiger partial charge in [-0.1, -0.05) is 42.3 Å². The third kappa shape index (κ3) is 5.89. The average Bonchev–Trinajstić information content (AvgIpc) is 3.33. The average molecular weight is 596 g/mol. The molecule has 2 bridgehead atoms. The minimum absolute atomic E-state index is 0.0362. The molecule has 0 spiro atoms. The third-order valence-electron chi connectivity index (χ3n) is 7.18. The van der Waals surface area contributed by atoms with E-state index >= 15 is 4.39 Å². The smallest absolute Gasteiger partial charge is 0.411 e. The maximum Gasteiger partial charge on any atom is 0.411 e. The molecule has 13 heteroatoms. The van der Waals surface area contributed by atoms with E-state index in [1.54, 1.807) is 43.3 Å². The number of methoxy groups -OCH3 is 1. The second-order valence-corrected chi connectivity index (χ2v) is 10.4. The van der Waals surface area contributed by atoms with Crippen molar-refractivity contribution in [3.8, 4) is 16.8 Å². The van der Waals surface area contributed by atoms with E-state index in [4.69, 9.17) is 11.6 Å². The van der Waals surface area contributed by atoms with Gasteiger partial charge in [0.15, 0.2) is 11.6 Å². The first-order valence-electron chi connectivity index (χ1n) is 13.2. The SMILES string of the molecule is COC(=O)Nc1ccc2c(c1)NC(=O)[C@@H](C)CCC[C@H](Nc1nnn(-c3cccc(Cl)c3F)c1C)c1cc-2c(F)cn1. The Morgan fingerprint density at radius 2 is 1.98 bits per heavy atom. The van der Waals surface area contributed by atoms with E-state index < -0.39 is 23.8 Å². The molecule has 2 atom stereocenters. The van der Waals surface area contributed by atoms with Crippen molar-refractivity contribution in [2.75, 3.05) is 23.1 Å². The largest absolute Gasteiger partial charge is 0.453 e. The zero-order chi connectivity index (χ0) is 30.0. The molecule has 0 fully saturated rings. The van der Waals surface area contributed by atoms with Crippen molar-refractivity contribution in [1.82, 2.24) is 20.0 Å². The molecular weight excluding hydrogens is 568 g/mol. The Labute approximate surface area is 245 Å². The van der Waals surface area contributed by atoms with Gasteiger partial charge in [-0.25, -0.2) is 18.3 Å². The Morgan fingerprint density at radius 3 is 2.76 bits per heavy atom. The molecule has 5 rings (SSSR count). The lowest BCUT2D eigenvalue weighted by Crippen LogP contribution is -2.22. The van der Waals surface area contributed by atoms with Crippen molar-refractivity contribution < 1.29 is 23.1 Å². The van der Waals surface area contributed by atoms with E-state index in [0.29, 0.717) is 53.4 Å². The fourth-order valence-electron chi connectivity index (χ4n) is 4.80. The molecule has 2 aromatic carbocycles. The number of amides is 2. The van der Waals surface area contributed by atoms with Crippen LogP contribution in [-0.2, 0) is 9.53 Å². The van der Waals surface area contributed by atoms with E-state index in [2.05, 4.69) is 36.0 Å². The first-order chi connectivity index (χ1) is 20.2. The van der Waals surface area contributed by atoms with Crippen molar-refractivity contribution in [2.45, 2.75) is 39.2 Å². The second kappa shape index (κ2) is 12.1. The molecule has 2 aromatic heterocycles. The summed E-state index contributed by atoms with van der Waals surface area (Å²) in [6.45, 7) is 3.55. The molecule has 0 unspecified atom stereocenters. The molecule has 0 aliphatic carbocycles. The van der Waals surface area contributed by atoms with Gasteiger partial charge in [0.1, 0.15) is 11.5 Å². The van der Waals surface area contributed by atoms with E-state index in [1.165, 1.54) is 17.9 Å². The van der Waals surface area contributed by atoms with E-state index in [0.717, 1.165) is 6.20 Å². The topological polar surface area (TPSA) is 123 Å². The number of ether oxygens (including phenoxy) is 1. The van der Waals surface area contributed by atoms with E-state index in [9.17, 15) is 14.0 Å². The van der Waals surface area contributed by atoms with Crippen LogP contribution in [0.5, 0.6) is 0 Å². The summed E-state index contributed by atoms with van der Waals surface area (Å²) in [5.74, 6) is -1.42. The fraction of sp³-hybridized carbons (Fsp3) is 0.276. The summed E-state index contributed by atoms with van der Waals surface area (Å²) < 4.78 is 36.0. The Morgan fingerprint density at radius 1 is 1.17 bits per heavy atom. The lowest BCUT2D eigenvalue weighted by molar-refractivity contribution is -0.119. The third-order valence-corrected chi connectivity index (χ3v) is 7.47. The predicted octanol–water partition coefficient (Wildman–Crippen LogP) is 6.66. The van der Waals surface area contributed by atoms with Gasteiger partial charge < -0.3 is 15.4 Å². The number of pyridine rings is 1. The standard InChI is InChI=1S/C29H28ClF2N7O3/c1-15-6-4-8-22(35-27-16(2)39(38-37-27)25-9-5-7-20(30)26(25)32)24-13-19(21(31)14-33-24)18-11-10-17(34-29(41)42-3)12-23(18)36-28(15)40/h5,7,9-15,22,35H,4,6,8H2,1-3H3,(H,34,41)(H,36,40)/t15-,22-/m0/s1. The van der Waals surface area contributed by atoms with Gasteiger partial charge >= 0.3 is 6.09 Å². The maximum absolute atomic E-state index is 15.3. The number of benzene rings is 2. The molecule has 0 saturated carbocycles. The van der Waals surface area contributed by atoms with Crippen LogP contribution in [0.2, 0.25) is 5.02 Å². The van der Waals surface area contributed by atoms with Crippen LogP contribution >= 0.6 is 11.6 Å². The lowest BCUT2D eigenvalue weighted by Gasteiger charge is -2.23. The summed E-state index contributed by atoms with van der Waals surface area (Å²) in [6.07, 6.45) is 2.19. The molecular formula is C29H28ClF2N7O3. The van der Waals surface area contributed by atoms with Crippen molar-refractivity contribution in [3.05, 3.63) is 76.7 Å². The number of anilines is 3. The monoisotopic (exact) mass is 595 g/mol. The number of aromatic nitrogens is 4. The number of carbonyl (C=O) groups excluding carboxylic acids is 2. The molecule has 0 radical (unpaired) electrons. The molecule has 10 nitrogen and oxygen atoms in total. The van der Waals surface area contributed by atoms with Crippen LogP contribution in [0.4, 0.5) is 30.8 Å². The number of rotatable bonds is 4. The van der Waals surface area contributed by atoms with Gasteiger partial charge in [0.2, 0.25) is 5.91 Å². The van der Waals surface area contributed by atoms with Crippen molar-refractivity contribution in [3.63, 3.8) is 0 Å². The maximum atomic E-state index is 15.3. The molecule has 2 amide bonds. The number of halogens is 3. The highest BCUT2D eigenvalue weighted by Gasteiger charge is 2.24. The number of hydrogen-bond donors (Lipinski definition) is 3. The predicted molar refractivity (Wildman–Crippen MR) is 155 cm³/mol. The summed E-state index contributed by atoms with van der Waals surface area (Å²) in [6, 6.07) is 10.5. The summed E-state index contributed by atoms with van der Waals surface area (Å²) in [5, 5.41) is 17.1. The minimum Gasteiger partial charge on any atom is -0.453 e. The van der Waals surface area contributed by atoms with Crippen molar-refractivity contribution in [2.24, 2.45) is 5.92 Å². The number of nitrogens with zero attached hydrogens (tertiary/aromatic N) is 4. The van der Waals surface area contributed by atoms with Gasteiger partial charge in [0.05, 0.1) is 41.4 Å². The Bertz CT molecular complexity index is 1660. The molecule has 3 heterocycles. The molecule has 3 N–H and O–H groups in total. The van der Waals surface area contributed by atoms with E-state index in [1.807, 2.05) is 6.92 Å². The van der Waals surface area contributed by atoms with Gasteiger partial charge in [-0.2, -0.15) is 0 Å². The summed E-state index contributed by atoms with van der Waals surface area (Å²) in [4.78, 5) is 29.2. The van der Waals surface area contributed by atoms with Crippen molar-refractivity contribution in [1.29, 1.82) is 0 Å². The minimum atomic E-state index is -0.681. The Kier molecular flexibility index (Phi) is 8.34. The van der Waals surface area contributed by atoms with Crippen molar-refractivity contribution >= 4 is 40.8 Å². The number of hydrogen-bond acceptors (Lipinski definition) is 7. The number of nitrogens with one attached hydrogen (secondary N) is 3. The van der Waals surface area contributed by atoms with Crippen LogP contribution < -0.4 is 16.0 Å². The quantitative estimate of drug-likeness (QED) is 0.241. The van der Waals surface area contributed by atoms with Gasteiger partial charge in [-0.05, 0) is 50.1 Å². The van der Waals surface area contributed by atoms with Gasteiger partial charge in [-0.3, -0.25) is 15.1 Å². The molecule has 4 aromatic rings. The fourth-order valence-corrected chi connectivity index (χ4v) is 4.97. The van der Waals surface area contributed by atoms with E-state index in [-0.39, 0.29) is 28.1 Å². The zero-order valence-electron chi connectivity index (χ0n) is 23.0. The molecule has 42 heavy (non-hydrogen) atoms. The van der Waals surface area contributed by atoms with Crippen LogP contribution in [0, 0.1) is 24.5 Å². The Hall–Kier alpha value is -4.58. The molecule has 1 aliphatic rings. The van der Waals surface area contributed by atoms with Gasteiger partial charge in [0.25, 0.3) is 0 Å². The first-order valence-corrected chi connectivity index (χ1v) is 13.6. The van der Waals surface area contributed by atoms with Gasteiger partial charge in [-0.15, -0.1) is 5.10 Å². The summed E-state index contributed by atoms with van der Waals surface area (Å²) in [5.41, 5.74) is 2.53. The Balaban J connectivity index is 1.55. The second-order valence-electron chi connectivity index (χ2n) is 9.99. The highest BCUT2D eigenvalue weighted by Crippen LogP contribution is 2.36. The molecule has 218 valence electrons. The molecule has 0 saturated heterocycles. The van der Waals surface area contributed by atoms with Crippen LogP contribution in [0.3, 0.4) is 0 Å². The van der Waals surface area contributed by atoms with Crippen LogP contribution in [0.15, 0.2) is 48.7 Å². The number of fused-ring (bicyclic) bond motifs is 4. The normalized spacial score (nSPS) is 16.9. The first kappa shape index (κ1) is 28.9. The lowest BCUT2D eigenvalue weighted by atomic mass is 9.95. The summed E-state index contributed by atoms with van der Waals surface area (Å²) >= 11 is 5.97. The summed E-state index contributed by atoms with van der Waals surface area (Å²) in [7, 11) is 1.24. The van der Waals surface area contributed by atoms with Crippen LogP contribution in [0.1, 0.15) is 43.6 Å². The zero-order valence-corrected chi connectivity index (χ0v) is 23.8. The van der Waals surface area contributed by atoms with Gasteiger partial charge in [0, 0.05) is 22.7 Å². The van der Waals surface area contributed by atoms with Crippen LogP contribution in [-0.4, -0.2) is 39.1 Å². The molecule has 1 aliphatic heterocycles. The highest BCUT2D eigenvalue weighted by molar-refractivity contribution is 6.30. The van der Waals surface area contributed by atoms with Crippen LogP contribution in [0.25, 0.3) is 16.8 Å². The number of carbonyl (C=O) groups is 2.